The molecular formula is C15H20N2O. The Kier molecular flexibility index (Phi) is 5.79. The van der Waals surface area contributed by atoms with Crippen molar-refractivity contribution >= 4 is 5.70 Å². The molecule has 18 heavy (non-hydrogen) atoms. The molecule has 0 bridgehead atoms. The summed E-state index contributed by atoms with van der Waals surface area (Å²) in [5, 5.41) is 9.08. The molecule has 0 atom stereocenters. The van der Waals surface area contributed by atoms with Gasteiger partial charge in [-0.3, -0.25) is 0 Å². The van der Waals surface area contributed by atoms with Crippen molar-refractivity contribution in [3.63, 3.8) is 0 Å². The number of allylic oxidation sites excluding steroid dienone is 1. The number of hydrogen-bond acceptors (Lipinski definition) is 3. The molecule has 0 unspecified atom stereocenters. The average Bonchev–Trinajstić information content (AvgIpc) is 2.42. The summed E-state index contributed by atoms with van der Waals surface area (Å²) in [5.74, 6) is 0.797. The largest absolute Gasteiger partial charge is 0.494 e. The Morgan fingerprint density at radius 1 is 1.33 bits per heavy atom. The second-order valence-corrected chi connectivity index (χ2v) is 4.13. The zero-order valence-corrected chi connectivity index (χ0v) is 11.1. The van der Waals surface area contributed by atoms with Gasteiger partial charge in [0.15, 0.2) is 0 Å². The summed E-state index contributed by atoms with van der Waals surface area (Å²) in [5.41, 5.74) is 8.09. The van der Waals surface area contributed by atoms with Crippen LogP contribution in [0.3, 0.4) is 0 Å². The molecule has 0 aliphatic carbocycles. The predicted molar refractivity (Wildman–Crippen MR) is 73.9 cm³/mol. The highest BCUT2D eigenvalue weighted by molar-refractivity contribution is 5.69. The highest BCUT2D eigenvalue weighted by atomic mass is 16.5. The number of nitrogens with two attached hydrogens (primary N) is 1. The Bertz CT molecular complexity index is 458. The Morgan fingerprint density at radius 2 is 2.11 bits per heavy atom. The van der Waals surface area contributed by atoms with E-state index >= 15 is 0 Å². The lowest BCUT2D eigenvalue weighted by Gasteiger charge is -2.08. The molecule has 0 aliphatic heterocycles. The number of nitriles is 1. The standard InChI is InChI=1S/C15H20N2O/c1-3-6-13(11-16)15(17)12-7-5-8-14(10-12)18-9-4-2/h5,7-8,10H,3-4,6,9,17H2,1-2H3/b15-13+. The Balaban J connectivity index is 2.98. The lowest BCUT2D eigenvalue weighted by molar-refractivity contribution is 0.317. The lowest BCUT2D eigenvalue weighted by atomic mass is 10.0. The lowest BCUT2D eigenvalue weighted by Crippen LogP contribution is -2.02. The van der Waals surface area contributed by atoms with E-state index in [-0.39, 0.29) is 0 Å². The first-order valence-electron chi connectivity index (χ1n) is 6.34. The van der Waals surface area contributed by atoms with Crippen LogP contribution in [-0.2, 0) is 0 Å². The van der Waals surface area contributed by atoms with Gasteiger partial charge in [0.05, 0.1) is 23.9 Å². The van der Waals surface area contributed by atoms with Crippen LogP contribution in [0.15, 0.2) is 29.8 Å². The summed E-state index contributed by atoms with van der Waals surface area (Å²) >= 11 is 0. The molecule has 0 amide bonds. The van der Waals surface area contributed by atoms with E-state index in [0.29, 0.717) is 24.3 Å². The van der Waals surface area contributed by atoms with Crippen LogP contribution >= 0.6 is 0 Å². The van der Waals surface area contributed by atoms with Crippen LogP contribution < -0.4 is 10.5 Å². The van der Waals surface area contributed by atoms with Crippen molar-refractivity contribution in [1.82, 2.24) is 0 Å². The third-order valence-electron chi connectivity index (χ3n) is 2.58. The van der Waals surface area contributed by atoms with Crippen molar-refractivity contribution < 1.29 is 4.74 Å². The first-order valence-corrected chi connectivity index (χ1v) is 6.34. The third-order valence-corrected chi connectivity index (χ3v) is 2.58. The maximum atomic E-state index is 9.08. The van der Waals surface area contributed by atoms with Gasteiger partial charge in [-0.2, -0.15) is 5.26 Å². The van der Waals surface area contributed by atoms with Crippen LogP contribution in [0.1, 0.15) is 38.7 Å². The number of nitrogens with zero attached hydrogens (tertiary/aromatic N) is 1. The summed E-state index contributed by atoms with van der Waals surface area (Å²) in [6.45, 7) is 4.78. The topological polar surface area (TPSA) is 59.0 Å². The zero-order valence-electron chi connectivity index (χ0n) is 11.1. The summed E-state index contributed by atoms with van der Waals surface area (Å²) in [4.78, 5) is 0. The van der Waals surface area contributed by atoms with Gasteiger partial charge in [-0.15, -0.1) is 0 Å². The molecule has 1 aromatic rings. The second kappa shape index (κ2) is 7.39. The van der Waals surface area contributed by atoms with E-state index < -0.39 is 0 Å². The van der Waals surface area contributed by atoms with Gasteiger partial charge in [0.2, 0.25) is 0 Å². The Hall–Kier alpha value is -1.95. The molecule has 1 aromatic carbocycles. The molecule has 0 aliphatic rings. The quantitative estimate of drug-likeness (QED) is 0.779. The molecule has 0 radical (unpaired) electrons. The van der Waals surface area contributed by atoms with Gasteiger partial charge in [0.25, 0.3) is 0 Å². The van der Waals surface area contributed by atoms with Crippen molar-refractivity contribution in [3.8, 4) is 11.8 Å². The Morgan fingerprint density at radius 3 is 2.72 bits per heavy atom. The molecule has 0 spiro atoms. The van der Waals surface area contributed by atoms with E-state index in [2.05, 4.69) is 13.0 Å². The van der Waals surface area contributed by atoms with Crippen LogP contribution in [0.4, 0.5) is 0 Å². The highest BCUT2D eigenvalue weighted by Crippen LogP contribution is 2.21. The van der Waals surface area contributed by atoms with E-state index in [0.717, 1.165) is 24.2 Å². The van der Waals surface area contributed by atoms with Crippen LogP contribution in [0, 0.1) is 11.3 Å². The van der Waals surface area contributed by atoms with Crippen LogP contribution in [-0.4, -0.2) is 6.61 Å². The van der Waals surface area contributed by atoms with Crippen LogP contribution in [0.5, 0.6) is 5.75 Å². The smallest absolute Gasteiger partial charge is 0.119 e. The number of benzene rings is 1. The van der Waals surface area contributed by atoms with Gasteiger partial charge in [-0.25, -0.2) is 0 Å². The second-order valence-electron chi connectivity index (χ2n) is 4.13. The molecule has 0 heterocycles. The fourth-order valence-electron chi connectivity index (χ4n) is 1.65. The molecule has 0 saturated heterocycles. The van der Waals surface area contributed by atoms with Gasteiger partial charge < -0.3 is 10.5 Å². The SMILES string of the molecule is CCCOc1cccc(/C(N)=C(\C#N)CCC)c1. The molecule has 3 heteroatoms. The van der Waals surface area contributed by atoms with Crippen LogP contribution in [0.2, 0.25) is 0 Å². The van der Waals surface area contributed by atoms with Gasteiger partial charge in [0, 0.05) is 5.56 Å². The molecule has 3 nitrogen and oxygen atoms in total. The molecule has 0 saturated carbocycles. The first kappa shape index (κ1) is 14.1. The first-order chi connectivity index (χ1) is 8.72. The number of rotatable bonds is 6. The van der Waals surface area contributed by atoms with Crippen molar-refractivity contribution in [2.24, 2.45) is 5.73 Å². The van der Waals surface area contributed by atoms with Gasteiger partial charge in [-0.1, -0.05) is 32.4 Å². The maximum absolute atomic E-state index is 9.08. The van der Waals surface area contributed by atoms with E-state index in [4.69, 9.17) is 15.7 Å². The van der Waals surface area contributed by atoms with Gasteiger partial charge in [0.1, 0.15) is 5.75 Å². The monoisotopic (exact) mass is 244 g/mol. The van der Waals surface area contributed by atoms with Crippen molar-refractivity contribution in [2.75, 3.05) is 6.61 Å². The van der Waals surface area contributed by atoms with E-state index in [1.165, 1.54) is 0 Å². The summed E-state index contributed by atoms with van der Waals surface area (Å²) < 4.78 is 5.56. The van der Waals surface area contributed by atoms with Gasteiger partial charge >= 0.3 is 0 Å². The molecule has 0 fully saturated rings. The fraction of sp³-hybridized carbons (Fsp3) is 0.400. The predicted octanol–water partition coefficient (Wildman–Crippen LogP) is 3.47. The van der Waals surface area contributed by atoms with E-state index in [9.17, 15) is 0 Å². The number of ether oxygens (including phenoxy) is 1. The Labute approximate surface area is 109 Å². The minimum Gasteiger partial charge on any atom is -0.494 e. The number of hydrogen-bond donors (Lipinski definition) is 1. The van der Waals surface area contributed by atoms with Crippen molar-refractivity contribution in [1.29, 1.82) is 5.26 Å². The highest BCUT2D eigenvalue weighted by Gasteiger charge is 2.06. The molecule has 2 N–H and O–H groups in total. The molecule has 0 aromatic heterocycles. The molecule has 96 valence electrons. The summed E-state index contributed by atoms with van der Waals surface area (Å²) in [7, 11) is 0. The average molecular weight is 244 g/mol. The van der Waals surface area contributed by atoms with E-state index in [1.54, 1.807) is 0 Å². The van der Waals surface area contributed by atoms with Crippen molar-refractivity contribution in [3.05, 3.63) is 35.4 Å². The van der Waals surface area contributed by atoms with Crippen molar-refractivity contribution in [2.45, 2.75) is 33.1 Å². The maximum Gasteiger partial charge on any atom is 0.119 e. The normalized spacial score (nSPS) is 11.6. The summed E-state index contributed by atoms with van der Waals surface area (Å²) in [6, 6.07) is 9.77. The third kappa shape index (κ3) is 3.81. The van der Waals surface area contributed by atoms with E-state index in [1.807, 2.05) is 31.2 Å². The minimum atomic E-state index is 0.557. The van der Waals surface area contributed by atoms with Crippen LogP contribution in [0.25, 0.3) is 5.70 Å². The molecule has 1 rings (SSSR count). The zero-order chi connectivity index (χ0) is 13.4. The molecular weight excluding hydrogens is 224 g/mol. The minimum absolute atomic E-state index is 0.557. The summed E-state index contributed by atoms with van der Waals surface area (Å²) in [6.07, 6.45) is 2.59. The fourth-order valence-corrected chi connectivity index (χ4v) is 1.65. The van der Waals surface area contributed by atoms with Gasteiger partial charge in [-0.05, 0) is 25.0 Å².